The molecule has 6 heteroatoms. The van der Waals surface area contributed by atoms with Gasteiger partial charge < -0.3 is 16.0 Å². The lowest BCUT2D eigenvalue weighted by Crippen LogP contribution is -2.52. The molecule has 1 rings (SSSR count). The topological polar surface area (TPSA) is 75.4 Å². The monoisotopic (exact) mass is 333 g/mol. The van der Waals surface area contributed by atoms with Gasteiger partial charge >= 0.3 is 0 Å². The Hall–Kier alpha value is -0.810. The van der Waals surface area contributed by atoms with Gasteiger partial charge in [-0.05, 0) is 25.7 Å². The van der Waals surface area contributed by atoms with Gasteiger partial charge in [0.2, 0.25) is 11.8 Å². The molecule has 5 nitrogen and oxygen atoms in total. The molecule has 1 aliphatic rings. The number of rotatable bonds is 6. The highest BCUT2D eigenvalue weighted by atomic mass is 35.5. The Morgan fingerprint density at radius 2 is 1.73 bits per heavy atom. The number of nitrogens with one attached hydrogen (secondary N) is 1. The normalized spacial score (nSPS) is 16.4. The van der Waals surface area contributed by atoms with Crippen LogP contribution in [0.5, 0.6) is 0 Å². The Labute approximate surface area is 140 Å². The van der Waals surface area contributed by atoms with E-state index in [1.807, 2.05) is 32.6 Å². The van der Waals surface area contributed by atoms with Crippen molar-refractivity contribution in [2.24, 2.45) is 17.1 Å². The lowest BCUT2D eigenvalue weighted by atomic mass is 9.81. The summed E-state index contributed by atoms with van der Waals surface area (Å²) in [5, 5.41) is 3.14. The molecule has 0 aromatic heterocycles. The molecule has 2 amide bonds. The highest BCUT2D eigenvalue weighted by Gasteiger charge is 2.35. The lowest BCUT2D eigenvalue weighted by molar-refractivity contribution is -0.136. The SMILES string of the molecule is CCC(CC)(CN)C(=O)NC1CCN(C(=O)C(C)C)CC1.Cl. The number of carbonyl (C=O) groups excluding carboxylic acids is 2. The molecule has 0 radical (unpaired) electrons. The summed E-state index contributed by atoms with van der Waals surface area (Å²) in [6, 6.07) is 0.165. The van der Waals surface area contributed by atoms with Crippen molar-refractivity contribution in [3.8, 4) is 0 Å². The standard InChI is InChI=1S/C16H31N3O2.ClH/c1-5-16(6-2,11-17)15(21)18-13-7-9-19(10-8-13)14(20)12(3)4;/h12-13H,5-11,17H2,1-4H3,(H,18,21);1H. The zero-order chi connectivity index (χ0) is 16.0. The van der Waals surface area contributed by atoms with Crippen molar-refractivity contribution in [1.82, 2.24) is 10.2 Å². The van der Waals surface area contributed by atoms with E-state index >= 15 is 0 Å². The van der Waals surface area contributed by atoms with E-state index in [4.69, 9.17) is 5.73 Å². The van der Waals surface area contributed by atoms with E-state index in [0.29, 0.717) is 6.54 Å². The Bertz CT molecular complexity index is 354. The number of hydrogen-bond donors (Lipinski definition) is 2. The van der Waals surface area contributed by atoms with E-state index < -0.39 is 5.41 Å². The molecular formula is C16H32ClN3O2. The number of nitrogens with zero attached hydrogens (tertiary/aromatic N) is 1. The number of amides is 2. The summed E-state index contributed by atoms with van der Waals surface area (Å²) in [6.07, 6.45) is 3.18. The van der Waals surface area contributed by atoms with Crippen molar-refractivity contribution < 1.29 is 9.59 Å². The molecule has 0 spiro atoms. The molecule has 1 heterocycles. The molecule has 0 saturated carbocycles. The largest absolute Gasteiger partial charge is 0.353 e. The molecule has 0 aromatic carbocycles. The third-order valence-electron chi connectivity index (χ3n) is 4.86. The minimum Gasteiger partial charge on any atom is -0.353 e. The summed E-state index contributed by atoms with van der Waals surface area (Å²) in [4.78, 5) is 26.3. The van der Waals surface area contributed by atoms with Gasteiger partial charge in [-0.25, -0.2) is 0 Å². The fourth-order valence-electron chi connectivity index (χ4n) is 2.90. The average Bonchev–Trinajstić information content (AvgIpc) is 2.49. The predicted octanol–water partition coefficient (Wildman–Crippen LogP) is 1.94. The first-order valence-corrected chi connectivity index (χ1v) is 8.20. The van der Waals surface area contributed by atoms with Crippen LogP contribution in [0.15, 0.2) is 0 Å². The average molecular weight is 334 g/mol. The molecule has 0 aliphatic carbocycles. The molecule has 130 valence electrons. The number of likely N-dealkylation sites (tertiary alicyclic amines) is 1. The van der Waals surface area contributed by atoms with Crippen LogP contribution in [0.2, 0.25) is 0 Å². The van der Waals surface area contributed by atoms with Crippen LogP contribution >= 0.6 is 12.4 Å². The van der Waals surface area contributed by atoms with E-state index in [0.717, 1.165) is 38.8 Å². The van der Waals surface area contributed by atoms with Gasteiger partial charge in [-0.1, -0.05) is 27.7 Å². The van der Waals surface area contributed by atoms with Crippen molar-refractivity contribution in [2.45, 2.75) is 59.4 Å². The Kier molecular flexibility index (Phi) is 9.01. The lowest BCUT2D eigenvalue weighted by Gasteiger charge is -2.36. The molecule has 0 atom stereocenters. The first-order valence-electron chi connectivity index (χ1n) is 8.20. The molecular weight excluding hydrogens is 302 g/mol. The molecule has 22 heavy (non-hydrogen) atoms. The van der Waals surface area contributed by atoms with Crippen LogP contribution in [-0.4, -0.2) is 42.4 Å². The number of halogens is 1. The molecule has 1 aliphatic heterocycles. The third kappa shape index (κ3) is 4.85. The minimum absolute atomic E-state index is 0. The summed E-state index contributed by atoms with van der Waals surface area (Å²) in [7, 11) is 0. The molecule has 0 bridgehead atoms. The molecule has 0 unspecified atom stereocenters. The number of piperidine rings is 1. The van der Waals surface area contributed by atoms with Gasteiger partial charge in [-0.15, -0.1) is 12.4 Å². The van der Waals surface area contributed by atoms with Crippen LogP contribution in [0.1, 0.15) is 53.4 Å². The van der Waals surface area contributed by atoms with Gasteiger partial charge in [0, 0.05) is 31.6 Å². The smallest absolute Gasteiger partial charge is 0.227 e. The highest BCUT2D eigenvalue weighted by Crippen LogP contribution is 2.26. The molecule has 1 saturated heterocycles. The van der Waals surface area contributed by atoms with Crippen molar-refractivity contribution in [2.75, 3.05) is 19.6 Å². The van der Waals surface area contributed by atoms with E-state index in [-0.39, 0.29) is 36.2 Å². The molecule has 3 N–H and O–H groups in total. The third-order valence-corrected chi connectivity index (χ3v) is 4.86. The van der Waals surface area contributed by atoms with Gasteiger partial charge in [0.15, 0.2) is 0 Å². The van der Waals surface area contributed by atoms with Gasteiger partial charge in [0.1, 0.15) is 0 Å². The first kappa shape index (κ1) is 21.2. The van der Waals surface area contributed by atoms with Crippen molar-refractivity contribution in [1.29, 1.82) is 0 Å². The summed E-state index contributed by atoms with van der Waals surface area (Å²) in [6.45, 7) is 9.73. The van der Waals surface area contributed by atoms with Crippen LogP contribution < -0.4 is 11.1 Å². The number of hydrogen-bond acceptors (Lipinski definition) is 3. The second-order valence-corrected chi connectivity index (χ2v) is 6.42. The van der Waals surface area contributed by atoms with Crippen LogP contribution in [0.3, 0.4) is 0 Å². The molecule has 1 fully saturated rings. The van der Waals surface area contributed by atoms with Crippen molar-refractivity contribution in [3.05, 3.63) is 0 Å². The van der Waals surface area contributed by atoms with Crippen molar-refractivity contribution in [3.63, 3.8) is 0 Å². The van der Waals surface area contributed by atoms with Crippen LogP contribution in [-0.2, 0) is 9.59 Å². The van der Waals surface area contributed by atoms with Gasteiger partial charge in [0.25, 0.3) is 0 Å². The van der Waals surface area contributed by atoms with E-state index in [2.05, 4.69) is 5.32 Å². The van der Waals surface area contributed by atoms with Gasteiger partial charge in [-0.3, -0.25) is 9.59 Å². The fourth-order valence-corrected chi connectivity index (χ4v) is 2.90. The van der Waals surface area contributed by atoms with Crippen molar-refractivity contribution >= 4 is 24.2 Å². The second kappa shape index (κ2) is 9.36. The van der Waals surface area contributed by atoms with Crippen LogP contribution in [0.25, 0.3) is 0 Å². The minimum atomic E-state index is -0.440. The Balaban J connectivity index is 0.00000441. The van der Waals surface area contributed by atoms with Gasteiger partial charge in [-0.2, -0.15) is 0 Å². The highest BCUT2D eigenvalue weighted by molar-refractivity contribution is 5.85. The zero-order valence-corrected chi connectivity index (χ0v) is 15.2. The maximum absolute atomic E-state index is 12.5. The fraction of sp³-hybridized carbons (Fsp3) is 0.875. The van der Waals surface area contributed by atoms with Crippen LogP contribution in [0.4, 0.5) is 0 Å². The summed E-state index contributed by atoms with van der Waals surface area (Å²) in [5.74, 6) is 0.322. The zero-order valence-electron chi connectivity index (χ0n) is 14.4. The summed E-state index contributed by atoms with van der Waals surface area (Å²) < 4.78 is 0. The second-order valence-electron chi connectivity index (χ2n) is 6.42. The Morgan fingerprint density at radius 3 is 2.09 bits per heavy atom. The quantitative estimate of drug-likeness (QED) is 0.780. The maximum atomic E-state index is 12.5. The Morgan fingerprint density at radius 1 is 1.23 bits per heavy atom. The molecule has 0 aromatic rings. The van der Waals surface area contributed by atoms with E-state index in [1.165, 1.54) is 0 Å². The van der Waals surface area contributed by atoms with E-state index in [9.17, 15) is 9.59 Å². The predicted molar refractivity (Wildman–Crippen MR) is 91.9 cm³/mol. The summed E-state index contributed by atoms with van der Waals surface area (Å²) >= 11 is 0. The number of nitrogens with two attached hydrogens (primary N) is 1. The van der Waals surface area contributed by atoms with E-state index in [1.54, 1.807) is 0 Å². The first-order chi connectivity index (χ1) is 9.90. The maximum Gasteiger partial charge on any atom is 0.227 e. The van der Waals surface area contributed by atoms with Gasteiger partial charge in [0.05, 0.1) is 5.41 Å². The number of carbonyl (C=O) groups is 2. The summed E-state index contributed by atoms with van der Waals surface area (Å²) in [5.41, 5.74) is 5.38. The van der Waals surface area contributed by atoms with Crippen LogP contribution in [0, 0.1) is 11.3 Å².